The van der Waals surface area contributed by atoms with Gasteiger partial charge >= 0.3 is 0 Å². The van der Waals surface area contributed by atoms with Crippen LogP contribution in [-0.4, -0.2) is 11.5 Å². The summed E-state index contributed by atoms with van der Waals surface area (Å²) in [7, 11) is 0. The van der Waals surface area contributed by atoms with Gasteiger partial charge in [0.2, 0.25) is 0 Å². The quantitative estimate of drug-likeness (QED) is 0.770. The highest BCUT2D eigenvalue weighted by Gasteiger charge is 2.28. The molecule has 2 aromatic heterocycles. The maximum atomic E-state index is 4.79. The first-order valence-electron chi connectivity index (χ1n) is 7.06. The zero-order valence-corrected chi connectivity index (χ0v) is 13.1. The largest absolute Gasteiger partial charge is 0.323 e. The number of rotatable bonds is 2. The number of nitrogens with zero attached hydrogens (tertiary/aromatic N) is 1. The van der Waals surface area contributed by atoms with E-state index in [-0.39, 0.29) is 0 Å². The summed E-state index contributed by atoms with van der Waals surface area (Å²) in [6.07, 6.45) is 1.22. The van der Waals surface area contributed by atoms with Crippen LogP contribution in [0.5, 0.6) is 0 Å². The zero-order chi connectivity index (χ0) is 13.5. The molecule has 1 N–H and O–H groups in total. The second-order valence-electron chi connectivity index (χ2n) is 5.43. The Morgan fingerprint density at radius 2 is 2.20 bits per heavy atom. The summed E-state index contributed by atoms with van der Waals surface area (Å²) in [4.78, 5) is 8.02. The van der Waals surface area contributed by atoms with E-state index in [1.54, 1.807) is 15.3 Å². The third-order valence-corrected chi connectivity index (χ3v) is 6.28. The molecular weight excluding hydrogens is 284 g/mol. The van der Waals surface area contributed by atoms with E-state index in [2.05, 4.69) is 42.6 Å². The first kappa shape index (κ1) is 12.5. The van der Waals surface area contributed by atoms with Crippen molar-refractivity contribution in [1.29, 1.82) is 0 Å². The van der Waals surface area contributed by atoms with Crippen molar-refractivity contribution in [3.8, 4) is 0 Å². The average Bonchev–Trinajstić information content (AvgIpc) is 3.08. The number of benzene rings is 1. The molecule has 0 spiro atoms. The van der Waals surface area contributed by atoms with Crippen molar-refractivity contribution in [2.24, 2.45) is 0 Å². The molecule has 1 aromatic carbocycles. The van der Waals surface area contributed by atoms with Crippen molar-refractivity contribution in [2.45, 2.75) is 25.9 Å². The lowest BCUT2D eigenvalue weighted by Crippen LogP contribution is -3.11. The minimum absolute atomic E-state index is 0.594. The molecule has 0 amide bonds. The molecule has 0 fully saturated rings. The molecule has 4 rings (SSSR count). The van der Waals surface area contributed by atoms with Gasteiger partial charge in [-0.25, -0.2) is 4.98 Å². The molecule has 1 aliphatic rings. The summed E-state index contributed by atoms with van der Waals surface area (Å²) in [5, 5.41) is 3.51. The number of hydrogen-bond donors (Lipinski definition) is 1. The molecule has 4 heteroatoms. The van der Waals surface area contributed by atoms with Crippen LogP contribution in [0.4, 0.5) is 0 Å². The van der Waals surface area contributed by atoms with E-state index >= 15 is 0 Å². The monoisotopic (exact) mass is 301 g/mol. The summed E-state index contributed by atoms with van der Waals surface area (Å²) >= 11 is 3.76. The Morgan fingerprint density at radius 1 is 1.30 bits per heavy atom. The van der Waals surface area contributed by atoms with Gasteiger partial charge in [-0.2, -0.15) is 0 Å². The van der Waals surface area contributed by atoms with Gasteiger partial charge in [0.25, 0.3) is 0 Å². The third kappa shape index (κ3) is 2.08. The van der Waals surface area contributed by atoms with E-state index in [1.807, 2.05) is 22.7 Å². The highest BCUT2D eigenvalue weighted by atomic mass is 32.1. The molecule has 1 aliphatic heterocycles. The van der Waals surface area contributed by atoms with Crippen LogP contribution in [0.3, 0.4) is 0 Å². The van der Waals surface area contributed by atoms with Crippen LogP contribution in [0.25, 0.3) is 10.2 Å². The van der Waals surface area contributed by atoms with E-state index in [9.17, 15) is 0 Å². The van der Waals surface area contributed by atoms with Crippen molar-refractivity contribution < 1.29 is 4.90 Å². The van der Waals surface area contributed by atoms with Crippen LogP contribution >= 0.6 is 22.7 Å². The van der Waals surface area contributed by atoms with Gasteiger partial charge in [0.1, 0.15) is 17.6 Å². The lowest BCUT2D eigenvalue weighted by atomic mass is 10.0. The molecule has 0 bridgehead atoms. The minimum Gasteiger partial charge on any atom is -0.323 e. The number of hydrogen-bond acceptors (Lipinski definition) is 3. The Balaban J connectivity index is 1.60. The fourth-order valence-electron chi connectivity index (χ4n) is 3.08. The van der Waals surface area contributed by atoms with Gasteiger partial charge in [0.15, 0.2) is 0 Å². The maximum absolute atomic E-state index is 4.79. The summed E-state index contributed by atoms with van der Waals surface area (Å²) in [6.45, 7) is 4.63. The number of thiophene rings is 1. The molecule has 102 valence electrons. The second kappa shape index (κ2) is 4.95. The standard InChI is InChI=1S/C16H16N2S2/c1-11-12-7-9-19-14(12)6-8-18(11)10-16-17-13-4-2-3-5-15(13)20-16/h2-5,7,9,11H,6,8,10H2,1H3/p+1/t11-/m0/s1. The molecule has 0 saturated heterocycles. The number of aromatic nitrogens is 1. The number of quaternary nitrogens is 1. The van der Waals surface area contributed by atoms with Crippen LogP contribution in [0.1, 0.15) is 28.4 Å². The second-order valence-corrected chi connectivity index (χ2v) is 7.55. The molecule has 3 heterocycles. The SMILES string of the molecule is C[C@H]1c2ccsc2CC[NH+]1Cc1nc2ccccc2s1. The van der Waals surface area contributed by atoms with Gasteiger partial charge in [-0.1, -0.05) is 12.1 Å². The first-order valence-corrected chi connectivity index (χ1v) is 8.76. The summed E-state index contributed by atoms with van der Waals surface area (Å²) in [5.74, 6) is 0. The number of para-hydroxylation sites is 1. The fourth-order valence-corrected chi connectivity index (χ4v) is 5.08. The Morgan fingerprint density at radius 3 is 3.10 bits per heavy atom. The van der Waals surface area contributed by atoms with Gasteiger partial charge in [0, 0.05) is 16.9 Å². The number of nitrogens with one attached hydrogen (secondary N) is 1. The molecule has 2 nitrogen and oxygen atoms in total. The Hall–Kier alpha value is -1.23. The van der Waals surface area contributed by atoms with Gasteiger partial charge < -0.3 is 4.90 Å². The van der Waals surface area contributed by atoms with Gasteiger partial charge in [-0.3, -0.25) is 0 Å². The van der Waals surface area contributed by atoms with Crippen LogP contribution in [0, 0.1) is 0 Å². The molecule has 0 radical (unpaired) electrons. The van der Waals surface area contributed by atoms with E-state index in [0.29, 0.717) is 6.04 Å². The van der Waals surface area contributed by atoms with E-state index < -0.39 is 0 Å². The highest BCUT2D eigenvalue weighted by molar-refractivity contribution is 7.18. The summed E-state index contributed by atoms with van der Waals surface area (Å²) < 4.78 is 1.31. The number of fused-ring (bicyclic) bond motifs is 2. The smallest absolute Gasteiger partial charge is 0.148 e. The predicted octanol–water partition coefficient (Wildman–Crippen LogP) is 3.06. The lowest BCUT2D eigenvalue weighted by Gasteiger charge is -2.29. The average molecular weight is 301 g/mol. The van der Waals surface area contributed by atoms with Gasteiger partial charge in [-0.15, -0.1) is 22.7 Å². The molecule has 0 saturated carbocycles. The van der Waals surface area contributed by atoms with Crippen LogP contribution in [0.2, 0.25) is 0 Å². The predicted molar refractivity (Wildman–Crippen MR) is 85.6 cm³/mol. The number of thiazole rings is 1. The molecule has 0 aliphatic carbocycles. The summed E-state index contributed by atoms with van der Waals surface area (Å²) in [5.41, 5.74) is 2.70. The molecule has 3 aromatic rings. The van der Waals surface area contributed by atoms with Crippen molar-refractivity contribution in [3.05, 3.63) is 51.2 Å². The van der Waals surface area contributed by atoms with Crippen LogP contribution in [-0.2, 0) is 13.0 Å². The van der Waals surface area contributed by atoms with Crippen molar-refractivity contribution >= 4 is 32.9 Å². The van der Waals surface area contributed by atoms with Crippen molar-refractivity contribution in [2.75, 3.05) is 6.54 Å². The Kier molecular flexibility index (Phi) is 3.10. The van der Waals surface area contributed by atoms with Crippen LogP contribution < -0.4 is 4.90 Å². The first-order chi connectivity index (χ1) is 9.81. The Labute approximate surface area is 126 Å². The normalized spacial score (nSPS) is 22.1. The zero-order valence-electron chi connectivity index (χ0n) is 11.4. The lowest BCUT2D eigenvalue weighted by molar-refractivity contribution is -0.945. The molecule has 20 heavy (non-hydrogen) atoms. The van der Waals surface area contributed by atoms with Crippen LogP contribution in [0.15, 0.2) is 35.7 Å². The van der Waals surface area contributed by atoms with Crippen molar-refractivity contribution in [3.63, 3.8) is 0 Å². The van der Waals surface area contributed by atoms with Crippen molar-refractivity contribution in [1.82, 2.24) is 4.98 Å². The minimum atomic E-state index is 0.594. The summed E-state index contributed by atoms with van der Waals surface area (Å²) in [6, 6.07) is 11.3. The van der Waals surface area contributed by atoms with Gasteiger partial charge in [0.05, 0.1) is 16.8 Å². The van der Waals surface area contributed by atoms with E-state index in [1.165, 1.54) is 22.7 Å². The topological polar surface area (TPSA) is 17.3 Å². The fraction of sp³-hybridized carbons (Fsp3) is 0.312. The Bertz CT molecular complexity index is 711. The van der Waals surface area contributed by atoms with E-state index in [0.717, 1.165) is 12.1 Å². The maximum Gasteiger partial charge on any atom is 0.148 e. The molecule has 1 unspecified atom stereocenters. The van der Waals surface area contributed by atoms with E-state index in [4.69, 9.17) is 4.98 Å². The molecule has 2 atom stereocenters. The third-order valence-electron chi connectivity index (χ3n) is 4.25. The molecular formula is C16H17N2S2+. The van der Waals surface area contributed by atoms with Gasteiger partial charge in [-0.05, 0) is 30.5 Å². The highest BCUT2D eigenvalue weighted by Crippen LogP contribution is 2.26.